The fourth-order valence-electron chi connectivity index (χ4n) is 21.3. The number of nitrogens with zero attached hydrogens (tertiary/aromatic N) is 3. The lowest BCUT2D eigenvalue weighted by Crippen LogP contribution is -2.09. The van der Waals surface area contributed by atoms with Gasteiger partial charge < -0.3 is 28.0 Å². The Morgan fingerprint density at radius 2 is 0.287 bits per heavy atom. The summed E-state index contributed by atoms with van der Waals surface area (Å²) in [5.41, 5.74) is 38.7. The predicted molar refractivity (Wildman–Crippen MR) is 632 cm³/mol. The van der Waals surface area contributed by atoms with Crippen molar-refractivity contribution in [3.63, 3.8) is 0 Å². The topological polar surface area (TPSA) is 49.1 Å². The molecule has 3 aromatic heterocycles. The van der Waals surface area contributed by atoms with Crippen LogP contribution in [-0.2, 0) is 0 Å². The first-order valence-corrected chi connectivity index (χ1v) is 51.1. The number of hydrogen-bond acceptors (Lipinski definition) is 6. The molecule has 0 bridgehead atoms. The van der Waals surface area contributed by atoms with E-state index in [1.807, 2.05) is 36.4 Å². The molecule has 28 aromatic rings. The molecule has 0 aliphatic heterocycles. The van der Waals surface area contributed by atoms with E-state index in [1.54, 1.807) is 0 Å². The molecule has 0 saturated heterocycles. The van der Waals surface area contributed by atoms with Crippen LogP contribution < -0.4 is 14.7 Å². The Bertz CT molecular complexity index is 9720. The second-order valence-corrected chi connectivity index (χ2v) is 38.1. The van der Waals surface area contributed by atoms with Crippen molar-refractivity contribution in [3.8, 4) is 111 Å². The van der Waals surface area contributed by atoms with Crippen LogP contribution in [-0.4, -0.2) is 0 Å². The average Bonchev–Trinajstić information content (AvgIpc) is 1.60. The summed E-state index contributed by atoms with van der Waals surface area (Å²) < 4.78 is 19.1. The van der Waals surface area contributed by atoms with Crippen molar-refractivity contribution in [1.29, 1.82) is 0 Å². The van der Waals surface area contributed by atoms with Crippen molar-refractivity contribution < 1.29 is 13.3 Å². The van der Waals surface area contributed by atoms with E-state index in [-0.39, 0.29) is 0 Å². The molecule has 25 aromatic carbocycles. The zero-order chi connectivity index (χ0) is 99.6. The summed E-state index contributed by atoms with van der Waals surface area (Å²) in [7, 11) is 0. The van der Waals surface area contributed by atoms with Crippen LogP contribution in [0.3, 0.4) is 0 Å². The van der Waals surface area contributed by atoms with Crippen molar-refractivity contribution in [1.82, 2.24) is 0 Å². The highest BCUT2D eigenvalue weighted by atomic mass is 16.3. The summed E-state index contributed by atoms with van der Waals surface area (Å²) in [5.74, 6) is 0. The summed E-state index contributed by atoms with van der Waals surface area (Å²) in [6, 6.07) is 210. The lowest BCUT2D eigenvalue weighted by molar-refractivity contribution is 0.669. The van der Waals surface area contributed by atoms with Crippen LogP contribution in [0.5, 0.6) is 0 Å². The van der Waals surface area contributed by atoms with Crippen LogP contribution >= 0.6 is 0 Å². The van der Waals surface area contributed by atoms with Crippen molar-refractivity contribution in [2.24, 2.45) is 0 Å². The molecule has 28 rings (SSSR count). The molecule has 0 aliphatic rings. The maximum atomic E-state index is 6.38. The van der Waals surface area contributed by atoms with Crippen LogP contribution in [0, 0.1) is 0 Å². The quantitative estimate of drug-likeness (QED) is 0.0752. The smallest absolute Gasteiger partial charge is 0.143 e. The number of hydrogen-bond donors (Lipinski definition) is 0. The number of anilines is 9. The van der Waals surface area contributed by atoms with Gasteiger partial charge in [-0.2, -0.15) is 0 Å². The van der Waals surface area contributed by atoms with Crippen LogP contribution in [0.25, 0.3) is 209 Å². The lowest BCUT2D eigenvalue weighted by Gasteiger charge is -2.26. The Labute approximate surface area is 870 Å². The van der Waals surface area contributed by atoms with Gasteiger partial charge in [-0.1, -0.05) is 437 Å². The fraction of sp³-hybridized carbons (Fsp3) is 0. The van der Waals surface area contributed by atoms with E-state index in [0.29, 0.717) is 0 Å². The Hall–Kier alpha value is -19.9. The minimum absolute atomic E-state index is 0.910. The summed E-state index contributed by atoms with van der Waals surface area (Å²) >= 11 is 0. The maximum Gasteiger partial charge on any atom is 0.143 e. The van der Waals surface area contributed by atoms with Gasteiger partial charge in [-0.25, -0.2) is 0 Å². The lowest BCUT2D eigenvalue weighted by atomic mass is 9.98. The number of para-hydroxylation sites is 6. The van der Waals surface area contributed by atoms with E-state index in [2.05, 4.69) is 567 Å². The van der Waals surface area contributed by atoms with E-state index < -0.39 is 0 Å². The third kappa shape index (κ3) is 18.0. The van der Waals surface area contributed by atoms with Crippen molar-refractivity contribution in [2.45, 2.75) is 0 Å². The van der Waals surface area contributed by atoms with Crippen molar-refractivity contribution in [2.75, 3.05) is 14.7 Å². The third-order valence-electron chi connectivity index (χ3n) is 29.0. The van der Waals surface area contributed by atoms with Gasteiger partial charge in [-0.15, -0.1) is 0 Å². The summed E-state index contributed by atoms with van der Waals surface area (Å²) in [5, 5.41) is 14.4. The van der Waals surface area contributed by atoms with Crippen LogP contribution in [0.2, 0.25) is 0 Å². The number of fused-ring (bicyclic) bond motifs is 12. The van der Waals surface area contributed by atoms with Crippen LogP contribution in [0.1, 0.15) is 0 Å². The van der Waals surface area contributed by atoms with Gasteiger partial charge in [-0.3, -0.25) is 0 Å². The minimum atomic E-state index is 0.910. The van der Waals surface area contributed by atoms with Crippen LogP contribution in [0.4, 0.5) is 51.2 Å². The molecule has 706 valence electrons. The molecule has 6 nitrogen and oxygen atoms in total. The van der Waals surface area contributed by atoms with Gasteiger partial charge in [0.05, 0.1) is 0 Å². The monoisotopic (exact) mass is 1920 g/mol. The molecule has 0 aliphatic carbocycles. The van der Waals surface area contributed by atoms with E-state index in [1.165, 1.54) is 110 Å². The Balaban J connectivity index is 0.000000114. The van der Waals surface area contributed by atoms with E-state index in [4.69, 9.17) is 13.3 Å². The van der Waals surface area contributed by atoms with Crippen molar-refractivity contribution in [3.05, 3.63) is 588 Å². The standard InChI is InChI=1S/C50H33NO.C48H33NO.C46H31NO/c1-2-9-34(10-3-1)35-19-25-43(26-20-35)51(45-29-23-37(24-30-45)46-14-8-15-48-47-13-6-7-16-49(47)52-50(46)48)44-27-21-36(22-28-44)40-17-18-41-31-38-11-4-5-12-39(38)32-42(41)33-40;1-3-10-34(11-4-1)36-18-20-37(21-19-36)39-24-30-42(31-25-39)49(41-28-22-38(23-29-41)35-12-5-2-6-13-35)43-32-26-40(27-33-43)44-15-9-16-46-45-14-7-8-17-47(45)50-48(44)46;1-2-9-32(10-3-1)34-19-25-39(26-20-34)47(40-27-21-35(22-28-40)38-18-17-33-11-4-5-12-37(33)31-38)41-29-23-36(24-30-41)42-14-8-15-44-43-13-6-7-16-45(43)48-46(42)44/h1-33H;1-33H;1-31H. The molecule has 0 N–H and O–H groups in total. The Morgan fingerprint density at radius 3 is 0.567 bits per heavy atom. The molecule has 0 spiro atoms. The highest BCUT2D eigenvalue weighted by molar-refractivity contribution is 6.13. The number of benzene rings is 25. The van der Waals surface area contributed by atoms with Gasteiger partial charge in [0.2, 0.25) is 0 Å². The first-order chi connectivity index (χ1) is 74.3. The van der Waals surface area contributed by atoms with Crippen molar-refractivity contribution >= 4 is 149 Å². The normalized spacial score (nSPS) is 11.3. The Kier molecular flexibility index (Phi) is 24.0. The second-order valence-electron chi connectivity index (χ2n) is 38.1. The van der Waals surface area contributed by atoms with Gasteiger partial charge >= 0.3 is 0 Å². The molecular formula is C144H97N3O3. The fourth-order valence-corrected chi connectivity index (χ4v) is 21.3. The molecule has 0 saturated carbocycles. The zero-order valence-corrected chi connectivity index (χ0v) is 82.1. The van der Waals surface area contributed by atoms with Crippen LogP contribution in [0.15, 0.2) is 602 Å². The maximum absolute atomic E-state index is 6.38. The van der Waals surface area contributed by atoms with Gasteiger partial charge in [0.25, 0.3) is 0 Å². The Morgan fingerprint density at radius 1 is 0.107 bits per heavy atom. The molecule has 150 heavy (non-hydrogen) atoms. The first-order valence-electron chi connectivity index (χ1n) is 51.1. The number of rotatable bonds is 19. The number of furan rings is 3. The third-order valence-corrected chi connectivity index (χ3v) is 29.0. The van der Waals surface area contributed by atoms with Gasteiger partial charge in [-0.05, 0) is 279 Å². The van der Waals surface area contributed by atoms with E-state index in [0.717, 1.165) is 150 Å². The summed E-state index contributed by atoms with van der Waals surface area (Å²) in [4.78, 5) is 6.98. The molecule has 6 heteroatoms. The highest BCUT2D eigenvalue weighted by Crippen LogP contribution is 2.47. The molecule has 3 heterocycles. The van der Waals surface area contributed by atoms with E-state index >= 15 is 0 Å². The predicted octanol–water partition coefficient (Wildman–Crippen LogP) is 41.3. The van der Waals surface area contributed by atoms with E-state index in [9.17, 15) is 0 Å². The summed E-state index contributed by atoms with van der Waals surface area (Å²) in [6.07, 6.45) is 0. The molecule has 0 fully saturated rings. The largest absolute Gasteiger partial charge is 0.455 e. The molecule has 0 radical (unpaired) electrons. The second kappa shape index (κ2) is 40.0. The van der Waals surface area contributed by atoms with Gasteiger partial charge in [0.1, 0.15) is 33.5 Å². The molecular weight excluding hydrogens is 1820 g/mol. The SMILES string of the molecule is c1ccc(-c2ccc(-c3ccc(N(c4ccc(-c5ccccc5)cc4)c4ccc(-c5cccc6c5oc5ccccc56)cc4)cc3)cc2)cc1.c1ccc(-c2ccc(N(c3ccc(-c4ccc5cc6ccccc6cc5c4)cc3)c3ccc(-c4cccc5c4oc4ccccc45)cc3)cc2)cc1.c1ccc(-c2ccc(N(c3ccc(-c4ccc5ccccc5c4)cc3)c3ccc(-c4cccc5c4oc4ccccc45)cc3)cc2)cc1. The van der Waals surface area contributed by atoms with Gasteiger partial charge in [0, 0.05) is 100 Å². The summed E-state index contributed by atoms with van der Waals surface area (Å²) in [6.45, 7) is 0. The molecule has 0 amide bonds. The van der Waals surface area contributed by atoms with Gasteiger partial charge in [0.15, 0.2) is 0 Å². The molecule has 0 atom stereocenters. The molecule has 0 unspecified atom stereocenters. The highest BCUT2D eigenvalue weighted by Gasteiger charge is 2.23. The average molecular weight is 1920 g/mol. The first kappa shape index (κ1) is 90.1. The zero-order valence-electron chi connectivity index (χ0n) is 82.1. The minimum Gasteiger partial charge on any atom is -0.455 e.